The third-order valence-electron chi connectivity index (χ3n) is 10.4. The van der Waals surface area contributed by atoms with Gasteiger partial charge in [0.25, 0.3) is 0 Å². The van der Waals surface area contributed by atoms with Crippen LogP contribution in [0.2, 0.25) is 0 Å². The highest BCUT2D eigenvalue weighted by molar-refractivity contribution is 6.08. The summed E-state index contributed by atoms with van der Waals surface area (Å²) in [5.41, 5.74) is 4.55. The summed E-state index contributed by atoms with van der Waals surface area (Å²) < 4.78 is 34.9. The Labute approximate surface area is 342 Å². The van der Waals surface area contributed by atoms with Gasteiger partial charge in [0.2, 0.25) is 0 Å². The molecule has 0 saturated heterocycles. The summed E-state index contributed by atoms with van der Waals surface area (Å²) in [4.78, 5) is 0. The van der Waals surface area contributed by atoms with Crippen LogP contribution < -0.4 is 21.3 Å². The highest BCUT2D eigenvalue weighted by Crippen LogP contribution is 2.34. The molecule has 0 atom stereocenters. The zero-order chi connectivity index (χ0) is 39.5. The van der Waals surface area contributed by atoms with E-state index in [4.69, 9.17) is 28.4 Å². The molecule has 0 saturated carbocycles. The van der Waals surface area contributed by atoms with Gasteiger partial charge in [0.05, 0.1) is 52.9 Å². The van der Waals surface area contributed by atoms with Crippen LogP contribution in [-0.4, -0.2) is 105 Å². The molecule has 0 fully saturated rings. The molecule has 6 aromatic carbocycles. The zero-order valence-corrected chi connectivity index (χ0v) is 33.8. The van der Waals surface area contributed by atoms with E-state index in [1.54, 1.807) is 0 Å². The summed E-state index contributed by atoms with van der Waals surface area (Å²) in [6, 6.07) is 35.0. The minimum atomic E-state index is 0.564. The Morgan fingerprint density at radius 3 is 0.776 bits per heavy atom. The molecule has 0 aromatic heterocycles. The first kappa shape index (κ1) is 41.5. The summed E-state index contributed by atoms with van der Waals surface area (Å²) in [6.07, 6.45) is 3.63. The Kier molecular flexibility index (Phi) is 16.5. The van der Waals surface area contributed by atoms with Crippen LogP contribution in [-0.2, 0) is 28.4 Å². The lowest BCUT2D eigenvalue weighted by atomic mass is 10.0. The van der Waals surface area contributed by atoms with Crippen molar-refractivity contribution < 1.29 is 28.4 Å². The van der Waals surface area contributed by atoms with Crippen LogP contribution in [0, 0.1) is 0 Å². The van der Waals surface area contributed by atoms with Gasteiger partial charge in [-0.3, -0.25) is 0 Å². The molecule has 308 valence electrons. The maximum absolute atomic E-state index is 5.85. The molecule has 1 heterocycles. The number of anilines is 4. The van der Waals surface area contributed by atoms with Crippen molar-refractivity contribution >= 4 is 65.8 Å². The maximum atomic E-state index is 5.85. The summed E-state index contributed by atoms with van der Waals surface area (Å²) in [5.74, 6) is 0. The predicted molar refractivity (Wildman–Crippen MR) is 240 cm³/mol. The Hall–Kier alpha value is -4.68. The molecule has 7 rings (SSSR count). The second kappa shape index (κ2) is 23.0. The first-order chi connectivity index (χ1) is 28.8. The van der Waals surface area contributed by atoms with Crippen LogP contribution in [0.15, 0.2) is 97.1 Å². The number of nitrogens with one attached hydrogen (secondary N) is 4. The number of hydrogen-bond donors (Lipinski definition) is 4. The lowest BCUT2D eigenvalue weighted by Crippen LogP contribution is -2.12. The lowest BCUT2D eigenvalue weighted by Gasteiger charge is -2.14. The SMILES string of the molecule is c1cc2c3cc4c(cccc4cc3c1)NCCCOCCOCCOCCCNc1cccc3cc4cccc(c4cc13)NCCCOCCOCCOCCCN2. The van der Waals surface area contributed by atoms with Gasteiger partial charge >= 0.3 is 0 Å². The topological polar surface area (TPSA) is 104 Å². The minimum absolute atomic E-state index is 0.564. The monoisotopic (exact) mass is 788 g/mol. The Morgan fingerprint density at radius 1 is 0.276 bits per heavy atom. The fraction of sp³-hybridized carbons (Fsp3) is 0.417. The van der Waals surface area contributed by atoms with Crippen molar-refractivity contribution in [2.45, 2.75) is 25.7 Å². The molecule has 6 aromatic rings. The van der Waals surface area contributed by atoms with Crippen molar-refractivity contribution in [2.75, 3.05) is 127 Å². The second-order valence-electron chi connectivity index (χ2n) is 14.6. The summed E-state index contributed by atoms with van der Waals surface area (Å²) in [6.45, 7) is 10.6. The van der Waals surface area contributed by atoms with Gasteiger partial charge < -0.3 is 49.7 Å². The van der Waals surface area contributed by atoms with Gasteiger partial charge in [-0.15, -0.1) is 0 Å². The van der Waals surface area contributed by atoms with E-state index in [0.717, 1.165) is 74.6 Å². The molecule has 10 heteroatoms. The van der Waals surface area contributed by atoms with Crippen LogP contribution in [0.4, 0.5) is 22.7 Å². The highest BCUT2D eigenvalue weighted by atomic mass is 16.5. The lowest BCUT2D eigenvalue weighted by molar-refractivity contribution is 0.0145. The molecule has 0 radical (unpaired) electrons. The Morgan fingerprint density at radius 2 is 0.517 bits per heavy atom. The summed E-state index contributed by atoms with van der Waals surface area (Å²) >= 11 is 0. The van der Waals surface area contributed by atoms with Crippen LogP contribution in [0.5, 0.6) is 0 Å². The van der Waals surface area contributed by atoms with Crippen molar-refractivity contribution in [3.8, 4) is 0 Å². The average Bonchev–Trinajstić information content (AvgIpc) is 3.24. The number of ether oxygens (including phenoxy) is 6. The van der Waals surface area contributed by atoms with E-state index in [1.807, 2.05) is 0 Å². The van der Waals surface area contributed by atoms with Crippen LogP contribution in [0.1, 0.15) is 25.7 Å². The second-order valence-corrected chi connectivity index (χ2v) is 14.6. The largest absolute Gasteiger partial charge is 0.384 e. The van der Waals surface area contributed by atoms with Gasteiger partial charge in [-0.1, -0.05) is 48.5 Å². The van der Waals surface area contributed by atoms with E-state index in [1.165, 1.54) is 43.1 Å². The minimum Gasteiger partial charge on any atom is -0.384 e. The van der Waals surface area contributed by atoms with Crippen molar-refractivity contribution in [3.05, 3.63) is 97.1 Å². The molecule has 0 amide bonds. The van der Waals surface area contributed by atoms with E-state index in [0.29, 0.717) is 79.3 Å². The first-order valence-electron chi connectivity index (χ1n) is 21.2. The molecule has 1 aliphatic rings. The standard InChI is InChI=1S/C48H60N4O6/c1-9-37-33-38-10-2-14-46-42(38)35-41(37)45(13-1)49-17-5-21-53-25-29-57-30-26-55-23-7-19-51-47-15-3-11-39-34-40-12-4-16-48(44(40)36-43(39)47)52-20-8-24-56-28-32-58-31-27-54-22-6-18-50-46/h1-4,9-16,33-36,49-52H,5-8,17-32H2. The summed E-state index contributed by atoms with van der Waals surface area (Å²) in [7, 11) is 0. The molecule has 58 heavy (non-hydrogen) atoms. The molecule has 10 nitrogen and oxygen atoms in total. The van der Waals surface area contributed by atoms with E-state index in [-0.39, 0.29) is 0 Å². The molecule has 0 spiro atoms. The average molecular weight is 789 g/mol. The van der Waals surface area contributed by atoms with Crippen molar-refractivity contribution in [2.24, 2.45) is 0 Å². The molecule has 4 N–H and O–H groups in total. The molecule has 0 aliphatic carbocycles. The molecule has 0 unspecified atom stereocenters. The van der Waals surface area contributed by atoms with Crippen LogP contribution in [0.25, 0.3) is 43.1 Å². The maximum Gasteiger partial charge on any atom is 0.0701 e. The van der Waals surface area contributed by atoms with Gasteiger partial charge in [-0.25, -0.2) is 0 Å². The third-order valence-corrected chi connectivity index (χ3v) is 10.4. The molecule has 1 aliphatic heterocycles. The first-order valence-corrected chi connectivity index (χ1v) is 21.2. The molecular formula is C48H60N4O6. The van der Waals surface area contributed by atoms with Crippen molar-refractivity contribution in [1.82, 2.24) is 0 Å². The van der Waals surface area contributed by atoms with Crippen LogP contribution in [0.3, 0.4) is 0 Å². The van der Waals surface area contributed by atoms with Gasteiger partial charge in [0, 0.05) is 96.9 Å². The van der Waals surface area contributed by atoms with Gasteiger partial charge in [-0.2, -0.15) is 0 Å². The van der Waals surface area contributed by atoms with Gasteiger partial charge in [-0.05, 0) is 95.8 Å². The number of rotatable bonds is 0. The number of benzene rings is 6. The van der Waals surface area contributed by atoms with E-state index < -0.39 is 0 Å². The zero-order valence-electron chi connectivity index (χ0n) is 33.8. The Balaban J connectivity index is 0.895. The third kappa shape index (κ3) is 12.2. The highest BCUT2D eigenvalue weighted by Gasteiger charge is 2.09. The number of hydrogen-bond acceptors (Lipinski definition) is 10. The van der Waals surface area contributed by atoms with Crippen molar-refractivity contribution in [1.29, 1.82) is 0 Å². The normalized spacial score (nSPS) is 17.8. The van der Waals surface area contributed by atoms with E-state index >= 15 is 0 Å². The van der Waals surface area contributed by atoms with Gasteiger partial charge in [0.1, 0.15) is 0 Å². The fourth-order valence-electron chi connectivity index (χ4n) is 7.39. The van der Waals surface area contributed by atoms with Crippen LogP contribution >= 0.6 is 0 Å². The van der Waals surface area contributed by atoms with E-state index in [9.17, 15) is 0 Å². The Bertz CT molecular complexity index is 1870. The van der Waals surface area contributed by atoms with Crippen molar-refractivity contribution in [3.63, 3.8) is 0 Å². The van der Waals surface area contributed by atoms with Gasteiger partial charge in [0.15, 0.2) is 0 Å². The molecular weight excluding hydrogens is 729 g/mol. The predicted octanol–water partition coefficient (Wildman–Crippen LogP) is 9.32. The fourth-order valence-corrected chi connectivity index (χ4v) is 7.39. The summed E-state index contributed by atoms with van der Waals surface area (Å²) in [5, 5.41) is 24.3. The van der Waals surface area contributed by atoms with E-state index in [2.05, 4.69) is 118 Å². The smallest absolute Gasteiger partial charge is 0.0701 e. The quantitative estimate of drug-likeness (QED) is 0.111. The molecule has 4 bridgehead atoms.